The number of furan rings is 1. The van der Waals surface area contributed by atoms with Gasteiger partial charge in [-0.25, -0.2) is 13.6 Å². The molecule has 0 spiro atoms. The topological polar surface area (TPSA) is 102 Å². The fraction of sp³-hybridized carbons (Fsp3) is 0.643. The van der Waals surface area contributed by atoms with Crippen molar-refractivity contribution < 1.29 is 17.6 Å². The molecule has 2 rings (SSSR count). The van der Waals surface area contributed by atoms with E-state index in [9.17, 15) is 13.2 Å². The van der Waals surface area contributed by atoms with Crippen LogP contribution >= 0.6 is 0 Å². The number of hydrogen-bond donors (Lipinski definition) is 2. The molecule has 0 bridgehead atoms. The van der Waals surface area contributed by atoms with Crippen molar-refractivity contribution in [2.45, 2.75) is 62.8 Å². The van der Waals surface area contributed by atoms with Gasteiger partial charge in [0.15, 0.2) is 5.76 Å². The Balaban J connectivity index is 2.06. The van der Waals surface area contributed by atoms with Gasteiger partial charge in [-0.05, 0) is 19.8 Å². The number of amides is 1. The first-order chi connectivity index (χ1) is 9.88. The Hall–Kier alpha value is -1.34. The molecule has 1 aliphatic rings. The van der Waals surface area contributed by atoms with Gasteiger partial charge in [0.05, 0.1) is 0 Å². The number of carbonyl (C=O) groups is 1. The van der Waals surface area contributed by atoms with Crippen molar-refractivity contribution in [2.75, 3.05) is 0 Å². The Morgan fingerprint density at radius 2 is 1.81 bits per heavy atom. The molecule has 3 N–H and O–H groups in total. The van der Waals surface area contributed by atoms with E-state index < -0.39 is 10.0 Å². The van der Waals surface area contributed by atoms with Crippen LogP contribution in [0.1, 0.15) is 61.3 Å². The zero-order valence-electron chi connectivity index (χ0n) is 12.2. The first-order valence-corrected chi connectivity index (χ1v) is 8.86. The molecule has 6 nitrogen and oxygen atoms in total. The molecule has 0 atom stereocenters. The molecule has 21 heavy (non-hydrogen) atoms. The van der Waals surface area contributed by atoms with Gasteiger partial charge >= 0.3 is 0 Å². The minimum Gasteiger partial charge on any atom is -0.455 e. The second-order valence-electron chi connectivity index (χ2n) is 5.59. The number of aryl methyl sites for hydroxylation is 1. The molecule has 0 aromatic carbocycles. The number of nitrogens with one attached hydrogen (secondary N) is 1. The van der Waals surface area contributed by atoms with Gasteiger partial charge in [-0.15, -0.1) is 0 Å². The van der Waals surface area contributed by atoms with Crippen LogP contribution in [0.2, 0.25) is 0 Å². The van der Waals surface area contributed by atoms with E-state index in [0.29, 0.717) is 0 Å². The van der Waals surface area contributed by atoms with Gasteiger partial charge in [-0.2, -0.15) is 0 Å². The van der Waals surface area contributed by atoms with E-state index in [-0.39, 0.29) is 28.4 Å². The lowest BCUT2D eigenvalue weighted by Crippen LogP contribution is -2.35. The van der Waals surface area contributed by atoms with Gasteiger partial charge in [-0.1, -0.05) is 32.1 Å². The van der Waals surface area contributed by atoms with Crippen molar-refractivity contribution in [1.29, 1.82) is 0 Å². The highest BCUT2D eigenvalue weighted by atomic mass is 32.2. The van der Waals surface area contributed by atoms with Crippen LogP contribution in [0, 0.1) is 6.92 Å². The van der Waals surface area contributed by atoms with Crippen molar-refractivity contribution in [1.82, 2.24) is 5.32 Å². The van der Waals surface area contributed by atoms with E-state index in [1.165, 1.54) is 32.3 Å². The average molecular weight is 314 g/mol. The summed E-state index contributed by atoms with van der Waals surface area (Å²) in [5.74, 6) is -0.238. The Morgan fingerprint density at radius 1 is 1.24 bits per heavy atom. The molecule has 0 aliphatic heterocycles. The summed E-state index contributed by atoms with van der Waals surface area (Å²) in [6.45, 7) is 1.48. The third-order valence-electron chi connectivity index (χ3n) is 3.84. The lowest BCUT2D eigenvalue weighted by Gasteiger charge is -2.20. The molecular formula is C14H22N2O4S. The van der Waals surface area contributed by atoms with Crippen LogP contribution in [0.4, 0.5) is 0 Å². The highest BCUT2D eigenvalue weighted by Gasteiger charge is 2.22. The summed E-state index contributed by atoms with van der Waals surface area (Å²) in [7, 11) is -3.86. The Labute approximate surface area is 125 Å². The summed E-state index contributed by atoms with van der Waals surface area (Å²) in [6, 6.07) is 1.32. The molecule has 0 unspecified atom stereocenters. The van der Waals surface area contributed by atoms with E-state index in [1.807, 2.05) is 0 Å². The molecule has 1 aromatic heterocycles. The lowest BCUT2D eigenvalue weighted by molar-refractivity contribution is 0.0901. The number of primary sulfonamides is 1. The fourth-order valence-corrected chi connectivity index (χ4v) is 3.43. The number of rotatable bonds is 3. The number of hydrogen-bond acceptors (Lipinski definition) is 4. The van der Waals surface area contributed by atoms with E-state index in [1.54, 1.807) is 0 Å². The maximum Gasteiger partial charge on any atom is 0.287 e. The molecule has 0 saturated heterocycles. The van der Waals surface area contributed by atoms with Crippen LogP contribution in [0.25, 0.3) is 0 Å². The Morgan fingerprint density at radius 3 is 2.33 bits per heavy atom. The summed E-state index contributed by atoms with van der Waals surface area (Å²) >= 11 is 0. The van der Waals surface area contributed by atoms with Crippen LogP contribution in [0.3, 0.4) is 0 Å². The highest BCUT2D eigenvalue weighted by Crippen LogP contribution is 2.20. The first kappa shape index (κ1) is 16.0. The van der Waals surface area contributed by atoms with Crippen molar-refractivity contribution in [3.05, 3.63) is 17.6 Å². The van der Waals surface area contributed by atoms with Crippen LogP contribution < -0.4 is 10.5 Å². The van der Waals surface area contributed by atoms with Crippen LogP contribution in [0.5, 0.6) is 0 Å². The fourth-order valence-electron chi connectivity index (χ4n) is 2.72. The number of carbonyl (C=O) groups excluding carboxylic acids is 1. The maximum absolute atomic E-state index is 12.2. The molecule has 1 fully saturated rings. The predicted molar refractivity (Wildman–Crippen MR) is 78.4 cm³/mol. The maximum atomic E-state index is 12.2. The Bertz CT molecular complexity index is 598. The molecule has 1 heterocycles. The summed E-state index contributed by atoms with van der Waals surface area (Å²) in [5, 5.41) is 8.00. The summed E-state index contributed by atoms with van der Waals surface area (Å²) in [5.41, 5.74) is 0. The van der Waals surface area contributed by atoms with E-state index >= 15 is 0 Å². The van der Waals surface area contributed by atoms with E-state index in [0.717, 1.165) is 25.7 Å². The largest absolute Gasteiger partial charge is 0.455 e. The Kier molecular flexibility index (Phi) is 5.05. The third-order valence-corrected chi connectivity index (χ3v) is 4.86. The number of sulfonamides is 1. The second kappa shape index (κ2) is 6.62. The van der Waals surface area contributed by atoms with Crippen molar-refractivity contribution in [2.24, 2.45) is 5.14 Å². The van der Waals surface area contributed by atoms with Gasteiger partial charge in [0.1, 0.15) is 10.7 Å². The first-order valence-electron chi connectivity index (χ1n) is 7.32. The van der Waals surface area contributed by atoms with E-state index in [4.69, 9.17) is 9.56 Å². The quantitative estimate of drug-likeness (QED) is 0.891. The zero-order valence-corrected chi connectivity index (χ0v) is 13.0. The monoisotopic (exact) mass is 314 g/mol. The van der Waals surface area contributed by atoms with Gasteiger partial charge < -0.3 is 9.73 Å². The second-order valence-corrected chi connectivity index (χ2v) is 7.12. The molecule has 1 saturated carbocycles. The van der Waals surface area contributed by atoms with E-state index in [2.05, 4.69) is 5.32 Å². The summed E-state index contributed by atoms with van der Waals surface area (Å²) in [6.07, 6.45) is 7.76. The smallest absolute Gasteiger partial charge is 0.287 e. The predicted octanol–water partition coefficient (Wildman–Crippen LogP) is 2.08. The number of nitrogens with two attached hydrogens (primary N) is 1. The van der Waals surface area contributed by atoms with Crippen molar-refractivity contribution >= 4 is 15.9 Å². The zero-order chi connectivity index (χ0) is 15.5. The standard InChI is InChI=1S/C14H22N2O4S/c1-10-13(21(15,18)19)9-12(20-10)14(17)16-11-7-5-3-2-4-6-8-11/h9,11H,2-8H2,1H3,(H,16,17)(H2,15,18,19). The van der Waals surface area contributed by atoms with Gasteiger partial charge in [-0.3, -0.25) is 4.79 Å². The van der Waals surface area contributed by atoms with Crippen LogP contribution in [0.15, 0.2) is 15.4 Å². The van der Waals surface area contributed by atoms with Crippen molar-refractivity contribution in [3.8, 4) is 0 Å². The molecule has 1 aromatic rings. The lowest BCUT2D eigenvalue weighted by atomic mass is 9.97. The summed E-state index contributed by atoms with van der Waals surface area (Å²) in [4.78, 5) is 12.0. The minimum absolute atomic E-state index is 0.00131. The van der Waals surface area contributed by atoms with Gasteiger partial charge in [0.25, 0.3) is 5.91 Å². The highest BCUT2D eigenvalue weighted by molar-refractivity contribution is 7.89. The van der Waals surface area contributed by atoms with Crippen molar-refractivity contribution in [3.63, 3.8) is 0 Å². The van der Waals surface area contributed by atoms with Gasteiger partial charge in [0, 0.05) is 12.1 Å². The summed E-state index contributed by atoms with van der Waals surface area (Å²) < 4.78 is 27.9. The van der Waals surface area contributed by atoms with Crippen LogP contribution in [-0.2, 0) is 10.0 Å². The van der Waals surface area contributed by atoms with Crippen LogP contribution in [-0.4, -0.2) is 20.4 Å². The molecule has 7 heteroatoms. The molecule has 1 aliphatic carbocycles. The third kappa shape index (κ3) is 4.31. The molecule has 1 amide bonds. The minimum atomic E-state index is -3.86. The normalized spacial score (nSPS) is 18.0. The SMILES string of the molecule is Cc1oc(C(=O)NC2CCCCCCC2)cc1S(N)(=O)=O. The van der Waals surface area contributed by atoms with Gasteiger partial charge in [0.2, 0.25) is 10.0 Å². The molecule has 118 valence electrons. The molecular weight excluding hydrogens is 292 g/mol. The molecule has 0 radical (unpaired) electrons. The average Bonchev–Trinajstić information content (AvgIpc) is 2.74.